The zero-order chi connectivity index (χ0) is 18.4. The molecule has 6 nitrogen and oxygen atoms in total. The van der Waals surface area contributed by atoms with Gasteiger partial charge in [0, 0.05) is 15.9 Å². The molecule has 3 amide bonds. The van der Waals surface area contributed by atoms with E-state index in [4.69, 9.17) is 0 Å². The van der Waals surface area contributed by atoms with Crippen molar-refractivity contribution in [3.8, 4) is 0 Å². The number of thiophene rings is 1. The maximum absolute atomic E-state index is 12.8. The molecule has 0 aliphatic heterocycles. The number of rotatable bonds is 6. The molecule has 2 aromatic heterocycles. The molecule has 0 radical (unpaired) electrons. The summed E-state index contributed by atoms with van der Waals surface area (Å²) in [7, 11) is 0. The minimum atomic E-state index is -0.486. The summed E-state index contributed by atoms with van der Waals surface area (Å²) < 4.78 is 12.8. The molecule has 0 bridgehead atoms. The fraction of sp³-hybridized carbons (Fsp3) is 0.118. The molecule has 0 fully saturated rings. The molecular weight excluding hydrogens is 375 g/mol. The number of carbonyl (C=O) groups excluding carboxylic acids is 2. The van der Waals surface area contributed by atoms with Crippen molar-refractivity contribution in [1.82, 2.24) is 10.3 Å². The van der Waals surface area contributed by atoms with Crippen molar-refractivity contribution in [1.29, 1.82) is 0 Å². The van der Waals surface area contributed by atoms with Gasteiger partial charge in [-0.2, -0.15) is 0 Å². The number of hydrogen-bond donors (Lipinski definition) is 3. The highest BCUT2D eigenvalue weighted by Crippen LogP contribution is 2.17. The molecule has 0 spiro atoms. The van der Waals surface area contributed by atoms with Crippen LogP contribution in [-0.2, 0) is 17.8 Å². The quantitative estimate of drug-likeness (QED) is 0.598. The predicted octanol–water partition coefficient (Wildman–Crippen LogP) is 3.85. The Bertz CT molecular complexity index is 879. The molecule has 134 valence electrons. The first-order valence-electron chi connectivity index (χ1n) is 7.65. The Morgan fingerprint density at radius 1 is 1.08 bits per heavy atom. The second-order valence-electron chi connectivity index (χ2n) is 5.26. The molecule has 1 aromatic carbocycles. The van der Waals surface area contributed by atoms with E-state index in [1.165, 1.54) is 35.6 Å². The van der Waals surface area contributed by atoms with Crippen LogP contribution in [0.3, 0.4) is 0 Å². The summed E-state index contributed by atoms with van der Waals surface area (Å²) in [6.07, 6.45) is 0.142. The Kier molecular flexibility index (Phi) is 5.92. The first-order valence-corrected chi connectivity index (χ1v) is 9.41. The maximum atomic E-state index is 12.8. The van der Waals surface area contributed by atoms with E-state index in [2.05, 4.69) is 20.9 Å². The average molecular weight is 390 g/mol. The molecule has 3 rings (SSSR count). The Hall–Kier alpha value is -2.78. The number of aromatic nitrogens is 1. The van der Waals surface area contributed by atoms with E-state index in [0.717, 1.165) is 4.88 Å². The van der Waals surface area contributed by atoms with Gasteiger partial charge in [-0.25, -0.2) is 14.2 Å². The van der Waals surface area contributed by atoms with Crippen molar-refractivity contribution < 1.29 is 14.0 Å². The van der Waals surface area contributed by atoms with Crippen LogP contribution in [0.4, 0.5) is 20.0 Å². The lowest BCUT2D eigenvalue weighted by atomic mass is 10.3. The highest BCUT2D eigenvalue weighted by atomic mass is 32.1. The molecule has 0 saturated heterocycles. The fourth-order valence-electron chi connectivity index (χ4n) is 2.06. The lowest BCUT2D eigenvalue weighted by molar-refractivity contribution is -0.120. The summed E-state index contributed by atoms with van der Waals surface area (Å²) in [5.41, 5.74) is 1.05. The van der Waals surface area contributed by atoms with Crippen molar-refractivity contribution in [2.45, 2.75) is 13.0 Å². The highest BCUT2D eigenvalue weighted by Gasteiger charge is 2.10. The Morgan fingerprint density at radius 3 is 2.62 bits per heavy atom. The molecule has 3 N–H and O–H groups in total. The van der Waals surface area contributed by atoms with Crippen LogP contribution in [-0.4, -0.2) is 16.9 Å². The smallest absolute Gasteiger partial charge is 0.325 e. The third-order valence-corrected chi connectivity index (χ3v) is 4.94. The third-order valence-electron chi connectivity index (χ3n) is 3.26. The van der Waals surface area contributed by atoms with E-state index in [0.29, 0.717) is 23.1 Å². The van der Waals surface area contributed by atoms with Gasteiger partial charge in [0.15, 0.2) is 5.13 Å². The van der Waals surface area contributed by atoms with E-state index >= 15 is 0 Å². The molecule has 0 aliphatic rings. The lowest BCUT2D eigenvalue weighted by Gasteiger charge is -2.05. The van der Waals surface area contributed by atoms with Gasteiger partial charge in [-0.3, -0.25) is 10.1 Å². The minimum absolute atomic E-state index is 0.133. The molecule has 2 heterocycles. The molecule has 26 heavy (non-hydrogen) atoms. The summed E-state index contributed by atoms with van der Waals surface area (Å²) in [5, 5.41) is 12.0. The molecular formula is C17H15FN4O2S2. The fourth-order valence-corrected chi connectivity index (χ4v) is 3.41. The molecule has 0 aliphatic carbocycles. The van der Waals surface area contributed by atoms with Gasteiger partial charge in [0.25, 0.3) is 0 Å². The largest absolute Gasteiger partial charge is 0.351 e. The van der Waals surface area contributed by atoms with Gasteiger partial charge in [0.05, 0.1) is 18.7 Å². The number of carbonyl (C=O) groups is 2. The van der Waals surface area contributed by atoms with Crippen molar-refractivity contribution in [2.75, 3.05) is 10.6 Å². The van der Waals surface area contributed by atoms with Crippen molar-refractivity contribution in [3.05, 3.63) is 63.5 Å². The minimum Gasteiger partial charge on any atom is -0.351 e. The van der Waals surface area contributed by atoms with Crippen LogP contribution < -0.4 is 16.0 Å². The second kappa shape index (κ2) is 8.54. The average Bonchev–Trinajstić information content (AvgIpc) is 3.27. The zero-order valence-corrected chi connectivity index (χ0v) is 15.1. The van der Waals surface area contributed by atoms with Gasteiger partial charge < -0.3 is 10.6 Å². The first kappa shape index (κ1) is 18.0. The number of hydrogen-bond acceptors (Lipinski definition) is 5. The summed E-state index contributed by atoms with van der Waals surface area (Å²) in [4.78, 5) is 29.1. The first-order chi connectivity index (χ1) is 12.6. The number of amides is 3. The molecule has 9 heteroatoms. The van der Waals surface area contributed by atoms with Crippen LogP contribution in [0, 0.1) is 5.82 Å². The summed E-state index contributed by atoms with van der Waals surface area (Å²) in [5.74, 6) is -0.510. The Labute approximate surface area is 157 Å². The van der Waals surface area contributed by atoms with Crippen LogP contribution in [0.5, 0.6) is 0 Å². The molecule has 0 saturated carbocycles. The van der Waals surface area contributed by atoms with Crippen molar-refractivity contribution in [2.24, 2.45) is 0 Å². The summed E-state index contributed by atoms with van der Waals surface area (Å²) in [6.45, 7) is 0.492. The van der Waals surface area contributed by atoms with E-state index in [-0.39, 0.29) is 18.1 Å². The van der Waals surface area contributed by atoms with Gasteiger partial charge in [-0.15, -0.1) is 22.7 Å². The van der Waals surface area contributed by atoms with Crippen molar-refractivity contribution >= 4 is 45.4 Å². The third kappa shape index (κ3) is 5.36. The number of nitrogens with one attached hydrogen (secondary N) is 3. The number of thiazole rings is 1. The maximum Gasteiger partial charge on any atom is 0.325 e. The van der Waals surface area contributed by atoms with E-state index in [1.54, 1.807) is 16.7 Å². The van der Waals surface area contributed by atoms with E-state index in [1.807, 2.05) is 17.5 Å². The molecule has 0 unspecified atom stereocenters. The van der Waals surface area contributed by atoms with Gasteiger partial charge in [-0.05, 0) is 35.7 Å². The standard InChI is InChI=1S/C17H15FN4O2S2/c18-11-3-5-12(6-4-11)20-16(24)22-17-21-13(10-26-17)8-15(23)19-9-14-2-1-7-25-14/h1-7,10H,8-9H2,(H,19,23)(H2,20,21,22,24). The van der Waals surface area contributed by atoms with Crippen LogP contribution >= 0.6 is 22.7 Å². The normalized spacial score (nSPS) is 10.3. The highest BCUT2D eigenvalue weighted by molar-refractivity contribution is 7.14. The Balaban J connectivity index is 1.47. The van der Waals surface area contributed by atoms with Crippen molar-refractivity contribution in [3.63, 3.8) is 0 Å². The van der Waals surface area contributed by atoms with Gasteiger partial charge in [0.2, 0.25) is 5.91 Å². The molecule has 3 aromatic rings. The number of halogens is 1. The number of urea groups is 1. The summed E-state index contributed by atoms with van der Waals surface area (Å²) in [6, 6.07) is 8.83. The lowest BCUT2D eigenvalue weighted by Crippen LogP contribution is -2.24. The monoisotopic (exact) mass is 390 g/mol. The topological polar surface area (TPSA) is 83.1 Å². The zero-order valence-electron chi connectivity index (χ0n) is 13.5. The van der Waals surface area contributed by atoms with Gasteiger partial charge in [-0.1, -0.05) is 6.07 Å². The second-order valence-corrected chi connectivity index (χ2v) is 7.15. The SMILES string of the molecule is O=C(Cc1csc(NC(=O)Nc2ccc(F)cc2)n1)NCc1cccs1. The van der Waals surface area contributed by atoms with E-state index in [9.17, 15) is 14.0 Å². The van der Waals surface area contributed by atoms with Crippen LogP contribution in [0.2, 0.25) is 0 Å². The van der Waals surface area contributed by atoms with Gasteiger partial charge >= 0.3 is 6.03 Å². The van der Waals surface area contributed by atoms with Crippen LogP contribution in [0.15, 0.2) is 47.2 Å². The van der Waals surface area contributed by atoms with Crippen LogP contribution in [0.1, 0.15) is 10.6 Å². The number of nitrogens with zero attached hydrogens (tertiary/aromatic N) is 1. The van der Waals surface area contributed by atoms with E-state index < -0.39 is 6.03 Å². The molecule has 0 atom stereocenters. The number of benzene rings is 1. The Morgan fingerprint density at radius 2 is 1.88 bits per heavy atom. The number of anilines is 2. The summed E-state index contributed by atoms with van der Waals surface area (Å²) >= 11 is 2.81. The van der Waals surface area contributed by atoms with Gasteiger partial charge in [0.1, 0.15) is 5.82 Å². The van der Waals surface area contributed by atoms with Crippen LogP contribution in [0.25, 0.3) is 0 Å². The predicted molar refractivity (Wildman–Crippen MR) is 101 cm³/mol.